The molecule has 0 atom stereocenters. The van der Waals surface area contributed by atoms with Crippen LogP contribution in [0.4, 0.5) is 30.2 Å². The first-order valence-corrected chi connectivity index (χ1v) is 8.07. The monoisotopic (exact) mass is 378 g/mol. The standard InChI is InChI=1S/C18H15F3N4O.H2O/c1-2-13-16-17(26)24(12-9-7-11(8-10-12)18(19,20)21)23-25(16)15-6-4-3-5-14(15)22-13;/h3-10,22-23H,2H2,1H3;1H2. The van der Waals surface area contributed by atoms with E-state index in [0.29, 0.717) is 17.8 Å². The number of hydrogen-bond donors (Lipinski definition) is 2. The minimum absolute atomic E-state index is 0. The maximum absolute atomic E-state index is 12.9. The molecule has 1 saturated heterocycles. The van der Waals surface area contributed by atoms with Gasteiger partial charge in [0.05, 0.1) is 22.6 Å². The van der Waals surface area contributed by atoms with Crippen molar-refractivity contribution in [1.82, 2.24) is 5.53 Å². The molecule has 6 nitrogen and oxygen atoms in total. The maximum atomic E-state index is 12.9. The second-order valence-corrected chi connectivity index (χ2v) is 5.94. The zero-order valence-corrected chi connectivity index (χ0v) is 14.3. The molecular weight excluding hydrogens is 361 g/mol. The molecule has 4 N–H and O–H groups in total. The number of anilines is 3. The lowest BCUT2D eigenvalue weighted by Crippen LogP contribution is -2.41. The number of alkyl halides is 3. The van der Waals surface area contributed by atoms with E-state index in [4.69, 9.17) is 0 Å². The van der Waals surface area contributed by atoms with E-state index in [1.165, 1.54) is 17.1 Å². The normalized spacial score (nSPS) is 15.9. The number of fused-ring (bicyclic) bond motifs is 3. The lowest BCUT2D eigenvalue weighted by atomic mass is 10.1. The molecule has 142 valence electrons. The largest absolute Gasteiger partial charge is 0.416 e. The molecule has 0 bridgehead atoms. The van der Waals surface area contributed by atoms with Gasteiger partial charge in [-0.05, 0) is 42.8 Å². The zero-order chi connectivity index (χ0) is 18.5. The average molecular weight is 378 g/mol. The first-order valence-electron chi connectivity index (χ1n) is 8.07. The second-order valence-electron chi connectivity index (χ2n) is 5.94. The van der Waals surface area contributed by atoms with Gasteiger partial charge in [0.2, 0.25) is 0 Å². The van der Waals surface area contributed by atoms with E-state index in [-0.39, 0.29) is 11.4 Å². The van der Waals surface area contributed by atoms with E-state index in [1.54, 1.807) is 5.01 Å². The minimum Gasteiger partial charge on any atom is -0.412 e. The molecule has 0 aliphatic carbocycles. The van der Waals surface area contributed by atoms with Gasteiger partial charge in [0.15, 0.2) is 0 Å². The molecule has 4 rings (SSSR count). The fraction of sp³-hybridized carbons (Fsp3) is 0.167. The van der Waals surface area contributed by atoms with Crippen LogP contribution in [0.2, 0.25) is 0 Å². The van der Waals surface area contributed by atoms with Crippen molar-refractivity contribution in [2.75, 3.05) is 15.3 Å². The van der Waals surface area contributed by atoms with Crippen LogP contribution in [0.15, 0.2) is 59.9 Å². The summed E-state index contributed by atoms with van der Waals surface area (Å²) in [5.41, 5.74) is 5.35. The third-order valence-electron chi connectivity index (χ3n) is 4.35. The third kappa shape index (κ3) is 3.00. The van der Waals surface area contributed by atoms with Crippen molar-refractivity contribution < 1.29 is 23.4 Å². The molecule has 0 spiro atoms. The van der Waals surface area contributed by atoms with E-state index >= 15 is 0 Å². The van der Waals surface area contributed by atoms with Crippen LogP contribution in [0.25, 0.3) is 0 Å². The third-order valence-corrected chi connectivity index (χ3v) is 4.35. The van der Waals surface area contributed by atoms with Crippen LogP contribution < -0.4 is 20.9 Å². The van der Waals surface area contributed by atoms with Crippen LogP contribution in [0.1, 0.15) is 18.9 Å². The molecular formula is C18H17F3N4O2. The number of carbonyl (C=O) groups excluding carboxylic acids is 1. The molecule has 2 aliphatic heterocycles. The number of amides is 1. The summed E-state index contributed by atoms with van der Waals surface area (Å²) in [7, 11) is 0. The van der Waals surface area contributed by atoms with Crippen LogP contribution >= 0.6 is 0 Å². The molecule has 0 aromatic heterocycles. The highest BCUT2D eigenvalue weighted by Gasteiger charge is 2.40. The number of para-hydroxylation sites is 2. The van der Waals surface area contributed by atoms with E-state index < -0.39 is 11.7 Å². The van der Waals surface area contributed by atoms with E-state index in [9.17, 15) is 18.0 Å². The Kier molecular flexibility index (Phi) is 4.58. The summed E-state index contributed by atoms with van der Waals surface area (Å²) >= 11 is 0. The number of carbonyl (C=O) groups is 1. The molecule has 9 heteroatoms. The lowest BCUT2D eigenvalue weighted by molar-refractivity contribution is -0.137. The van der Waals surface area contributed by atoms with Crippen molar-refractivity contribution in [2.45, 2.75) is 19.5 Å². The summed E-state index contributed by atoms with van der Waals surface area (Å²) < 4.78 is 38.3. The van der Waals surface area contributed by atoms with E-state index in [2.05, 4.69) is 10.9 Å². The molecule has 2 heterocycles. The van der Waals surface area contributed by atoms with Gasteiger partial charge in [0.1, 0.15) is 5.70 Å². The predicted octanol–water partition coefficient (Wildman–Crippen LogP) is 3.20. The molecule has 2 aromatic carbocycles. The highest BCUT2D eigenvalue weighted by Crippen LogP contribution is 2.39. The quantitative estimate of drug-likeness (QED) is 0.841. The maximum Gasteiger partial charge on any atom is 0.416 e. The smallest absolute Gasteiger partial charge is 0.412 e. The molecule has 2 aliphatic rings. The van der Waals surface area contributed by atoms with Gasteiger partial charge in [-0.25, -0.2) is 10.0 Å². The van der Waals surface area contributed by atoms with Gasteiger partial charge in [-0.2, -0.15) is 13.2 Å². The number of nitrogens with zero attached hydrogens (tertiary/aromatic N) is 2. The molecule has 0 unspecified atom stereocenters. The van der Waals surface area contributed by atoms with Crippen molar-refractivity contribution in [3.63, 3.8) is 0 Å². The molecule has 1 amide bonds. The first kappa shape index (κ1) is 18.7. The van der Waals surface area contributed by atoms with Crippen molar-refractivity contribution >= 4 is 23.0 Å². The number of nitrogens with one attached hydrogen (secondary N) is 2. The van der Waals surface area contributed by atoms with Crippen LogP contribution in [0.3, 0.4) is 0 Å². The summed E-state index contributed by atoms with van der Waals surface area (Å²) in [5.74, 6) is -0.330. The van der Waals surface area contributed by atoms with Crippen molar-refractivity contribution in [2.24, 2.45) is 0 Å². The highest BCUT2D eigenvalue weighted by molar-refractivity contribution is 6.12. The fourth-order valence-corrected chi connectivity index (χ4v) is 3.06. The number of rotatable bonds is 2. The van der Waals surface area contributed by atoms with Crippen molar-refractivity contribution in [3.05, 3.63) is 65.5 Å². The van der Waals surface area contributed by atoms with Crippen molar-refractivity contribution in [1.29, 1.82) is 0 Å². The molecule has 0 radical (unpaired) electrons. The summed E-state index contributed by atoms with van der Waals surface area (Å²) in [6.07, 6.45) is -3.81. The Morgan fingerprint density at radius 2 is 1.67 bits per heavy atom. The van der Waals surface area contributed by atoms with Gasteiger partial charge in [0.25, 0.3) is 5.91 Å². The molecule has 27 heavy (non-hydrogen) atoms. The van der Waals surface area contributed by atoms with Crippen LogP contribution in [0, 0.1) is 0 Å². The Hall–Kier alpha value is -3.04. The van der Waals surface area contributed by atoms with Gasteiger partial charge in [-0.15, -0.1) is 5.53 Å². The molecule has 2 aromatic rings. The number of halogens is 3. The average Bonchev–Trinajstić information content (AvgIpc) is 2.98. The van der Waals surface area contributed by atoms with Crippen LogP contribution in [-0.2, 0) is 11.0 Å². The van der Waals surface area contributed by atoms with Crippen LogP contribution in [-0.4, -0.2) is 11.4 Å². The number of allylic oxidation sites excluding steroid dienone is 1. The van der Waals surface area contributed by atoms with E-state index in [0.717, 1.165) is 29.2 Å². The van der Waals surface area contributed by atoms with Gasteiger partial charge in [0, 0.05) is 5.70 Å². The summed E-state index contributed by atoms with van der Waals surface area (Å²) in [6.45, 7) is 1.93. The second kappa shape index (κ2) is 6.60. The predicted molar refractivity (Wildman–Crippen MR) is 95.5 cm³/mol. The number of hydrogen-bond acceptors (Lipinski definition) is 4. The molecule has 0 saturated carbocycles. The lowest BCUT2D eigenvalue weighted by Gasteiger charge is -2.29. The van der Waals surface area contributed by atoms with Crippen molar-refractivity contribution in [3.8, 4) is 0 Å². The minimum atomic E-state index is -4.42. The van der Waals surface area contributed by atoms with Gasteiger partial charge >= 0.3 is 6.18 Å². The molecule has 1 fully saturated rings. The summed E-state index contributed by atoms with van der Waals surface area (Å²) in [5, 5.41) is 6.15. The first-order chi connectivity index (χ1) is 12.4. The summed E-state index contributed by atoms with van der Waals surface area (Å²) in [4.78, 5) is 12.9. The SMILES string of the molecule is CCC1=C2C(=O)N(c3ccc(C(F)(F)F)cc3)NN2c2ccccc2N1.O. The van der Waals surface area contributed by atoms with Crippen LogP contribution in [0.5, 0.6) is 0 Å². The summed E-state index contributed by atoms with van der Waals surface area (Å²) in [6, 6.07) is 12.0. The Morgan fingerprint density at radius 1 is 1.00 bits per heavy atom. The zero-order valence-electron chi connectivity index (χ0n) is 14.3. The number of benzene rings is 2. The number of hydrazine groups is 2. The van der Waals surface area contributed by atoms with E-state index in [1.807, 2.05) is 31.2 Å². The van der Waals surface area contributed by atoms with Gasteiger partial charge < -0.3 is 10.8 Å². The Balaban J connectivity index is 0.00000210. The Morgan fingerprint density at radius 3 is 2.30 bits per heavy atom. The Labute approximate surface area is 153 Å². The Bertz CT molecular complexity index is 910. The van der Waals surface area contributed by atoms with Gasteiger partial charge in [-0.3, -0.25) is 4.79 Å². The highest BCUT2D eigenvalue weighted by atomic mass is 19.4. The van der Waals surface area contributed by atoms with Gasteiger partial charge in [-0.1, -0.05) is 19.1 Å². The fourth-order valence-electron chi connectivity index (χ4n) is 3.06. The topological polar surface area (TPSA) is 79.1 Å².